The zero-order valence-corrected chi connectivity index (χ0v) is 9.43. The maximum Gasteiger partial charge on any atom is 0.0854 e. The number of hydrogen-bond donors (Lipinski definition) is 1. The lowest BCUT2D eigenvalue weighted by Gasteiger charge is -2.04. The molecule has 0 amide bonds. The Morgan fingerprint density at radius 3 is 2.62 bits per heavy atom. The summed E-state index contributed by atoms with van der Waals surface area (Å²) in [4.78, 5) is 0. The van der Waals surface area contributed by atoms with E-state index >= 15 is 0 Å². The van der Waals surface area contributed by atoms with Gasteiger partial charge < -0.3 is 5.11 Å². The maximum atomic E-state index is 9.30. The van der Waals surface area contributed by atoms with Gasteiger partial charge >= 0.3 is 0 Å². The van der Waals surface area contributed by atoms with Crippen molar-refractivity contribution in [2.75, 3.05) is 0 Å². The molecule has 0 fully saturated rings. The second kappa shape index (κ2) is 4.94. The molecule has 84 valence electrons. The molecule has 16 heavy (non-hydrogen) atoms. The number of aryl methyl sites for hydroxylation is 1. The fourth-order valence-corrected chi connectivity index (χ4v) is 1.76. The van der Waals surface area contributed by atoms with Gasteiger partial charge in [-0.15, -0.1) is 0 Å². The van der Waals surface area contributed by atoms with Crippen molar-refractivity contribution in [3.8, 4) is 5.69 Å². The van der Waals surface area contributed by atoms with Gasteiger partial charge in [0, 0.05) is 0 Å². The summed E-state index contributed by atoms with van der Waals surface area (Å²) in [5.74, 6) is 0. The van der Waals surface area contributed by atoms with E-state index in [2.05, 4.69) is 12.0 Å². The van der Waals surface area contributed by atoms with Crippen LogP contribution in [0.25, 0.3) is 5.69 Å². The highest BCUT2D eigenvalue weighted by molar-refractivity contribution is 5.33. The van der Waals surface area contributed by atoms with Crippen LogP contribution >= 0.6 is 0 Å². The summed E-state index contributed by atoms with van der Waals surface area (Å²) in [6, 6.07) is 11.9. The van der Waals surface area contributed by atoms with E-state index in [9.17, 15) is 5.11 Å². The van der Waals surface area contributed by atoms with E-state index in [1.165, 1.54) is 0 Å². The SMILES string of the molecule is CCCc1cc(CO)n(-c2ccccc2)n1. The Balaban J connectivity index is 2.39. The van der Waals surface area contributed by atoms with Crippen LogP contribution in [0, 0.1) is 0 Å². The van der Waals surface area contributed by atoms with Crippen LogP contribution in [0.1, 0.15) is 24.7 Å². The molecule has 1 aromatic heterocycles. The number of aromatic nitrogens is 2. The van der Waals surface area contributed by atoms with E-state index < -0.39 is 0 Å². The van der Waals surface area contributed by atoms with Crippen molar-refractivity contribution in [3.05, 3.63) is 47.8 Å². The first-order valence-corrected chi connectivity index (χ1v) is 5.59. The molecule has 0 saturated carbocycles. The smallest absolute Gasteiger partial charge is 0.0854 e. The Kier molecular flexibility index (Phi) is 3.37. The molecular formula is C13H16N2O. The molecule has 0 spiro atoms. The largest absolute Gasteiger partial charge is 0.390 e. The molecule has 0 aliphatic carbocycles. The Hall–Kier alpha value is -1.61. The summed E-state index contributed by atoms with van der Waals surface area (Å²) in [5, 5.41) is 13.8. The van der Waals surface area contributed by atoms with Gasteiger partial charge in [0.25, 0.3) is 0 Å². The van der Waals surface area contributed by atoms with Crippen molar-refractivity contribution in [1.29, 1.82) is 0 Å². The summed E-state index contributed by atoms with van der Waals surface area (Å²) in [6.07, 6.45) is 2.02. The van der Waals surface area contributed by atoms with Gasteiger partial charge in [0.05, 0.1) is 23.7 Å². The van der Waals surface area contributed by atoms with Gasteiger partial charge in [-0.1, -0.05) is 31.5 Å². The van der Waals surface area contributed by atoms with Crippen LogP contribution in [0.3, 0.4) is 0 Å². The monoisotopic (exact) mass is 216 g/mol. The van der Waals surface area contributed by atoms with Gasteiger partial charge in [0.2, 0.25) is 0 Å². The van der Waals surface area contributed by atoms with E-state index in [0.717, 1.165) is 29.9 Å². The Labute approximate surface area is 95.3 Å². The van der Waals surface area contributed by atoms with E-state index in [-0.39, 0.29) is 6.61 Å². The molecule has 1 N–H and O–H groups in total. The van der Waals surface area contributed by atoms with Crippen molar-refractivity contribution in [2.45, 2.75) is 26.4 Å². The number of aliphatic hydroxyl groups is 1. The fourth-order valence-electron chi connectivity index (χ4n) is 1.76. The van der Waals surface area contributed by atoms with E-state index in [4.69, 9.17) is 0 Å². The van der Waals surface area contributed by atoms with Gasteiger partial charge in [-0.25, -0.2) is 4.68 Å². The highest BCUT2D eigenvalue weighted by Gasteiger charge is 2.07. The van der Waals surface area contributed by atoms with Crippen molar-refractivity contribution in [3.63, 3.8) is 0 Å². The molecule has 0 aliphatic rings. The van der Waals surface area contributed by atoms with Crippen LogP contribution in [0.4, 0.5) is 0 Å². The summed E-state index contributed by atoms with van der Waals surface area (Å²) in [7, 11) is 0. The molecule has 3 nitrogen and oxygen atoms in total. The second-order valence-corrected chi connectivity index (χ2v) is 3.78. The number of nitrogens with zero attached hydrogens (tertiary/aromatic N) is 2. The predicted molar refractivity (Wildman–Crippen MR) is 63.5 cm³/mol. The van der Waals surface area contributed by atoms with Crippen molar-refractivity contribution < 1.29 is 5.11 Å². The van der Waals surface area contributed by atoms with Gasteiger partial charge in [0.15, 0.2) is 0 Å². The highest BCUT2D eigenvalue weighted by Crippen LogP contribution is 2.13. The summed E-state index contributed by atoms with van der Waals surface area (Å²) in [6.45, 7) is 2.14. The lowest BCUT2D eigenvalue weighted by atomic mass is 10.2. The number of hydrogen-bond acceptors (Lipinski definition) is 2. The third-order valence-electron chi connectivity index (χ3n) is 2.50. The first-order chi connectivity index (χ1) is 7.85. The third-order valence-corrected chi connectivity index (χ3v) is 2.50. The molecule has 0 atom stereocenters. The maximum absolute atomic E-state index is 9.30. The zero-order valence-electron chi connectivity index (χ0n) is 9.43. The van der Waals surface area contributed by atoms with Crippen LogP contribution in [0.2, 0.25) is 0 Å². The highest BCUT2D eigenvalue weighted by atomic mass is 16.3. The first kappa shape index (κ1) is 10.9. The van der Waals surface area contributed by atoms with E-state index in [1.807, 2.05) is 41.1 Å². The minimum Gasteiger partial charge on any atom is -0.390 e. The molecule has 0 radical (unpaired) electrons. The third kappa shape index (κ3) is 2.14. The standard InChI is InChI=1S/C13H16N2O/c1-2-6-11-9-13(10-16)15(14-11)12-7-4-3-5-8-12/h3-5,7-9,16H,2,6,10H2,1H3. The molecular weight excluding hydrogens is 200 g/mol. The molecule has 0 saturated heterocycles. The van der Waals surface area contributed by atoms with Crippen LogP contribution in [-0.2, 0) is 13.0 Å². The van der Waals surface area contributed by atoms with Crippen LogP contribution in [0.5, 0.6) is 0 Å². The van der Waals surface area contributed by atoms with Gasteiger partial charge in [-0.2, -0.15) is 5.10 Å². The number of aliphatic hydroxyl groups excluding tert-OH is 1. The molecule has 0 unspecified atom stereocenters. The van der Waals surface area contributed by atoms with Gasteiger partial charge in [0.1, 0.15) is 0 Å². The molecule has 2 rings (SSSR count). The minimum absolute atomic E-state index is 0.0195. The Bertz CT molecular complexity index is 448. The number of para-hydroxylation sites is 1. The minimum atomic E-state index is 0.0195. The summed E-state index contributed by atoms with van der Waals surface area (Å²) >= 11 is 0. The summed E-state index contributed by atoms with van der Waals surface area (Å²) < 4.78 is 1.81. The predicted octanol–water partition coefficient (Wildman–Crippen LogP) is 2.32. The lowest BCUT2D eigenvalue weighted by Crippen LogP contribution is -2.01. The molecule has 2 aromatic rings. The lowest BCUT2D eigenvalue weighted by molar-refractivity contribution is 0.273. The Morgan fingerprint density at radius 2 is 2.00 bits per heavy atom. The van der Waals surface area contributed by atoms with E-state index in [0.29, 0.717) is 0 Å². The van der Waals surface area contributed by atoms with E-state index in [1.54, 1.807) is 0 Å². The molecule has 1 aromatic carbocycles. The zero-order chi connectivity index (χ0) is 11.4. The Morgan fingerprint density at radius 1 is 1.25 bits per heavy atom. The van der Waals surface area contributed by atoms with Crippen molar-refractivity contribution >= 4 is 0 Å². The average molecular weight is 216 g/mol. The fraction of sp³-hybridized carbons (Fsp3) is 0.308. The molecule has 0 bridgehead atoms. The second-order valence-electron chi connectivity index (χ2n) is 3.78. The first-order valence-electron chi connectivity index (χ1n) is 5.59. The molecule has 0 aliphatic heterocycles. The normalized spacial score (nSPS) is 10.6. The van der Waals surface area contributed by atoms with Crippen molar-refractivity contribution in [1.82, 2.24) is 9.78 Å². The number of benzene rings is 1. The van der Waals surface area contributed by atoms with Gasteiger partial charge in [-0.3, -0.25) is 0 Å². The number of rotatable bonds is 4. The van der Waals surface area contributed by atoms with Crippen molar-refractivity contribution in [2.24, 2.45) is 0 Å². The van der Waals surface area contributed by atoms with Gasteiger partial charge in [-0.05, 0) is 24.6 Å². The molecule has 3 heteroatoms. The average Bonchev–Trinajstić information content (AvgIpc) is 2.74. The van der Waals surface area contributed by atoms with Crippen LogP contribution in [-0.4, -0.2) is 14.9 Å². The topological polar surface area (TPSA) is 38.0 Å². The summed E-state index contributed by atoms with van der Waals surface area (Å²) in [5.41, 5.74) is 2.87. The van der Waals surface area contributed by atoms with Crippen LogP contribution in [0.15, 0.2) is 36.4 Å². The quantitative estimate of drug-likeness (QED) is 0.851. The van der Waals surface area contributed by atoms with Crippen LogP contribution < -0.4 is 0 Å². The molecule has 1 heterocycles.